The number of carbonyl (C=O) groups excluding carboxylic acids is 6. The van der Waals surface area contributed by atoms with Crippen molar-refractivity contribution >= 4 is 52.6 Å². The quantitative estimate of drug-likeness (QED) is 0.0809. The van der Waals surface area contributed by atoms with E-state index in [0.717, 1.165) is 23.0 Å². The Kier molecular flexibility index (Phi) is 14.6. The van der Waals surface area contributed by atoms with Gasteiger partial charge < -0.3 is 35.4 Å². The summed E-state index contributed by atoms with van der Waals surface area (Å²) in [6.45, 7) is 4.86. The molecule has 1 aliphatic heterocycles. The molecule has 2 aliphatic carbocycles. The van der Waals surface area contributed by atoms with Crippen molar-refractivity contribution in [1.82, 2.24) is 19.4 Å². The Hall–Kier alpha value is -6.23. The average Bonchev–Trinajstić information content (AvgIpc) is 3.20. The minimum absolute atomic E-state index is 0.0510. The second-order valence-electron chi connectivity index (χ2n) is 14.3. The largest absolute Gasteiger partial charge is 0.425 e. The monoisotopic (exact) mass is 797 g/mol. The number of aliphatic hydroxyl groups is 2. The van der Waals surface area contributed by atoms with Crippen LogP contribution in [0, 0.1) is 0 Å². The number of nitrogens with zero attached hydrogens (tertiary/aromatic N) is 4. The zero-order valence-corrected chi connectivity index (χ0v) is 32.5. The van der Waals surface area contributed by atoms with E-state index in [1.165, 1.54) is 69.4 Å². The smallest absolute Gasteiger partial charge is 0.340 e. The number of benzene rings is 1. The number of quaternary nitrogens is 1. The number of nitrogens with two attached hydrogens (primary N) is 1. The summed E-state index contributed by atoms with van der Waals surface area (Å²) in [5, 5.41) is 36.2. The summed E-state index contributed by atoms with van der Waals surface area (Å²) in [5.41, 5.74) is 1.29. The number of amides is 4. The molecule has 306 valence electrons. The van der Waals surface area contributed by atoms with Crippen molar-refractivity contribution in [1.29, 1.82) is 0 Å². The molecule has 2 aromatic rings. The summed E-state index contributed by atoms with van der Waals surface area (Å²) < 4.78 is 0.300. The van der Waals surface area contributed by atoms with E-state index in [1.807, 2.05) is 18.2 Å². The summed E-state index contributed by atoms with van der Waals surface area (Å²) in [4.78, 5) is 93.9. The van der Waals surface area contributed by atoms with Gasteiger partial charge in [0.05, 0.1) is 16.8 Å². The third-order valence-electron chi connectivity index (χ3n) is 10.0. The number of anilines is 1. The Morgan fingerprint density at radius 3 is 1.97 bits per heavy atom. The topological polar surface area (TPSA) is 223 Å². The van der Waals surface area contributed by atoms with Gasteiger partial charge in [0, 0.05) is 63.0 Å². The normalized spacial score (nSPS) is 17.2. The number of aromatic nitrogens is 1. The van der Waals surface area contributed by atoms with Crippen LogP contribution in [-0.2, 0) is 24.0 Å². The number of ketones is 2. The molecule has 0 saturated heterocycles. The van der Waals surface area contributed by atoms with Gasteiger partial charge in [0.15, 0.2) is 17.3 Å². The molecule has 3 aliphatic rings. The second kappa shape index (κ2) is 19.8. The van der Waals surface area contributed by atoms with Gasteiger partial charge in [0.1, 0.15) is 17.9 Å². The van der Waals surface area contributed by atoms with E-state index in [4.69, 9.17) is 0 Å². The molecule has 4 amide bonds. The van der Waals surface area contributed by atoms with Crippen molar-refractivity contribution in [3.63, 3.8) is 0 Å². The van der Waals surface area contributed by atoms with Crippen molar-refractivity contribution in [2.45, 2.75) is 57.8 Å². The first-order valence-electron chi connectivity index (χ1n) is 19.2. The Morgan fingerprint density at radius 2 is 1.31 bits per heavy atom. The molecule has 0 spiro atoms. The molecular weight excluding hydrogens is 748 g/mol. The number of hydrogen-bond acceptors (Lipinski definition) is 11. The highest BCUT2D eigenvalue weighted by Crippen LogP contribution is 2.25. The highest BCUT2D eigenvalue weighted by molar-refractivity contribution is 6.08. The van der Waals surface area contributed by atoms with Crippen molar-refractivity contribution in [2.75, 3.05) is 44.6 Å². The molecule has 16 heteroatoms. The van der Waals surface area contributed by atoms with E-state index < -0.39 is 47.1 Å². The Morgan fingerprint density at radius 1 is 0.724 bits per heavy atom. The Balaban J connectivity index is 1.25. The van der Waals surface area contributed by atoms with Crippen LogP contribution in [0.1, 0.15) is 55.6 Å². The number of para-hydroxylation sites is 1. The molecule has 16 nitrogen and oxygen atoms in total. The summed E-state index contributed by atoms with van der Waals surface area (Å²) in [6.07, 6.45) is 9.48. The minimum atomic E-state index is -1.64. The first kappa shape index (κ1) is 42.9. The van der Waals surface area contributed by atoms with Gasteiger partial charge in [0.25, 0.3) is 23.3 Å². The Bertz CT molecular complexity index is 2150. The van der Waals surface area contributed by atoms with Gasteiger partial charge in [-0.15, -0.1) is 4.73 Å². The van der Waals surface area contributed by atoms with Crippen molar-refractivity contribution < 1.29 is 49.5 Å². The van der Waals surface area contributed by atoms with Crippen LogP contribution in [0.2, 0.25) is 0 Å². The van der Waals surface area contributed by atoms with Gasteiger partial charge in [-0.25, -0.2) is 10.1 Å². The van der Waals surface area contributed by atoms with Gasteiger partial charge in [-0.1, -0.05) is 36.4 Å². The summed E-state index contributed by atoms with van der Waals surface area (Å²) in [7, 11) is 0. The molecule has 0 radical (unpaired) electrons. The molecule has 1 aromatic heterocycles. The highest BCUT2D eigenvalue weighted by Gasteiger charge is 2.32. The maximum absolute atomic E-state index is 13.8. The SMILES string of the molecule is CC(C)N(CCCN(CCCCN(CCCNc1cccc2c1[NH2+]C(=O)C=C2)C(=O)c1cccc(=O)n1O)C(=O)C1=CC=CC(=O)C1O)C(=O)C1=CC=CC(=O)C1O. The maximum atomic E-state index is 13.8. The van der Waals surface area contributed by atoms with Crippen LogP contribution in [-0.4, -0.2) is 128 Å². The molecule has 2 atom stereocenters. The van der Waals surface area contributed by atoms with Crippen LogP contribution in [0.3, 0.4) is 0 Å². The van der Waals surface area contributed by atoms with E-state index in [9.17, 15) is 49.0 Å². The highest BCUT2D eigenvalue weighted by atomic mass is 16.5. The number of rotatable bonds is 18. The van der Waals surface area contributed by atoms with Crippen LogP contribution in [0.4, 0.5) is 11.4 Å². The first-order valence-corrected chi connectivity index (χ1v) is 19.2. The number of hydrogen-bond donors (Lipinski definition) is 5. The number of unbranched alkanes of at least 4 members (excludes halogenated alkanes) is 1. The predicted octanol–water partition coefficient (Wildman–Crippen LogP) is 0.867. The Labute approximate surface area is 335 Å². The van der Waals surface area contributed by atoms with Gasteiger partial charge in [0.2, 0.25) is 0 Å². The fraction of sp³-hybridized carbons (Fsp3) is 0.357. The molecule has 0 saturated carbocycles. The van der Waals surface area contributed by atoms with E-state index in [0.29, 0.717) is 30.5 Å². The van der Waals surface area contributed by atoms with Crippen LogP contribution < -0.4 is 16.2 Å². The lowest BCUT2D eigenvalue weighted by Gasteiger charge is -2.31. The summed E-state index contributed by atoms with van der Waals surface area (Å²) >= 11 is 0. The third-order valence-corrected chi connectivity index (χ3v) is 10.0. The maximum Gasteiger partial charge on any atom is 0.340 e. The van der Waals surface area contributed by atoms with Crippen LogP contribution in [0.25, 0.3) is 6.08 Å². The number of fused-ring (bicyclic) bond motifs is 1. The summed E-state index contributed by atoms with van der Waals surface area (Å²) in [5.74, 6) is -3.01. The fourth-order valence-electron chi connectivity index (χ4n) is 6.85. The predicted molar refractivity (Wildman–Crippen MR) is 213 cm³/mol. The zero-order valence-electron chi connectivity index (χ0n) is 32.5. The lowest BCUT2D eigenvalue weighted by atomic mass is 9.98. The molecule has 2 unspecified atom stereocenters. The van der Waals surface area contributed by atoms with Gasteiger partial charge in [-0.05, 0) is 76.0 Å². The number of allylic oxidation sites excluding steroid dienone is 4. The van der Waals surface area contributed by atoms with Crippen molar-refractivity contribution in [2.24, 2.45) is 0 Å². The molecule has 58 heavy (non-hydrogen) atoms. The number of nitrogens with one attached hydrogen (secondary N) is 1. The van der Waals surface area contributed by atoms with E-state index >= 15 is 0 Å². The van der Waals surface area contributed by atoms with E-state index in [2.05, 4.69) is 5.32 Å². The zero-order chi connectivity index (χ0) is 41.9. The van der Waals surface area contributed by atoms with Crippen molar-refractivity contribution in [3.8, 4) is 0 Å². The molecule has 2 heterocycles. The van der Waals surface area contributed by atoms with Crippen LogP contribution in [0.15, 0.2) is 94.9 Å². The molecule has 0 fully saturated rings. The fourth-order valence-corrected chi connectivity index (χ4v) is 6.85. The number of primary amides is 1. The minimum Gasteiger partial charge on any atom is -0.425 e. The number of pyridine rings is 1. The molecule has 6 N–H and O–H groups in total. The van der Waals surface area contributed by atoms with Gasteiger partial charge in [-0.3, -0.25) is 28.8 Å². The van der Waals surface area contributed by atoms with Crippen LogP contribution >= 0.6 is 0 Å². The number of aliphatic hydroxyl groups excluding tert-OH is 2. The van der Waals surface area contributed by atoms with Crippen LogP contribution in [0.5, 0.6) is 0 Å². The van der Waals surface area contributed by atoms with Gasteiger partial charge >= 0.3 is 5.91 Å². The van der Waals surface area contributed by atoms with Crippen molar-refractivity contribution in [3.05, 3.63) is 112 Å². The van der Waals surface area contributed by atoms with Gasteiger partial charge in [-0.2, -0.15) is 0 Å². The second-order valence-corrected chi connectivity index (χ2v) is 14.3. The van der Waals surface area contributed by atoms with E-state index in [1.54, 1.807) is 25.2 Å². The molecule has 1 aromatic carbocycles. The lowest BCUT2D eigenvalue weighted by molar-refractivity contribution is -0.478. The molecular formula is C42H49N6O10+. The third kappa shape index (κ3) is 10.4. The lowest BCUT2D eigenvalue weighted by Crippen LogP contribution is -2.82. The summed E-state index contributed by atoms with van der Waals surface area (Å²) in [6, 6.07) is 9.17. The number of carbonyl (C=O) groups is 6. The average molecular weight is 798 g/mol. The molecule has 5 rings (SSSR count). The molecule has 0 bridgehead atoms. The standard InChI is InChI=1S/C42H48N6O10/c1-27(2)47(41(56)30-13-7-17-34(50)39(30)54)26-10-25-45(40(55)29-12-6-16-33(49)38(29)53)22-3-4-23-46(42(57)32-15-8-18-36(52)48(32)58)24-9-21-43-31-14-5-11-28-19-20-35(51)44-37(28)31/h5-8,11-20,27,38-39,43,53-54,58H,3-4,9-10,21-26H2,1-2H3,(H,44,51)/p+1. The first-order chi connectivity index (χ1) is 27.8. The van der Waals surface area contributed by atoms with E-state index in [-0.39, 0.29) is 67.9 Å².